The smallest absolute Gasteiger partial charge is 0.334 e. The highest BCUT2D eigenvalue weighted by molar-refractivity contribution is 5.93. The van der Waals surface area contributed by atoms with Crippen LogP contribution in [0.1, 0.15) is 25.8 Å². The predicted molar refractivity (Wildman–Crippen MR) is 67.3 cm³/mol. The van der Waals surface area contributed by atoms with Gasteiger partial charge < -0.3 is 9.84 Å². The summed E-state index contributed by atoms with van der Waals surface area (Å²) in [6.07, 6.45) is 1.90. The minimum atomic E-state index is -0.363. The van der Waals surface area contributed by atoms with E-state index < -0.39 is 0 Å². The van der Waals surface area contributed by atoms with Gasteiger partial charge in [-0.2, -0.15) is 0 Å². The van der Waals surface area contributed by atoms with Crippen LogP contribution in [0.25, 0.3) is 6.08 Å². The maximum atomic E-state index is 11.7. The van der Waals surface area contributed by atoms with E-state index >= 15 is 0 Å². The molecule has 1 rings (SSSR count). The Balaban J connectivity index is 2.85. The second kappa shape index (κ2) is 6.86. The number of hydrogen-bond acceptors (Lipinski definition) is 3. The number of carbonyl (C=O) groups excluding carboxylic acids is 1. The topological polar surface area (TPSA) is 46.5 Å². The summed E-state index contributed by atoms with van der Waals surface area (Å²) in [5, 5.41) is 8.95. The highest BCUT2D eigenvalue weighted by Gasteiger charge is 2.12. The SMILES string of the molecule is CC(C)OC(=O)/C(=C\c1ccccc1)CCO. The molecule has 0 unspecified atom stereocenters. The normalized spacial score (nSPS) is 11.6. The quantitative estimate of drug-likeness (QED) is 0.628. The minimum Gasteiger partial charge on any atom is -0.460 e. The van der Waals surface area contributed by atoms with Crippen LogP contribution in [0.2, 0.25) is 0 Å². The van der Waals surface area contributed by atoms with Gasteiger partial charge in [0.2, 0.25) is 0 Å². The zero-order valence-corrected chi connectivity index (χ0v) is 10.2. The van der Waals surface area contributed by atoms with E-state index in [4.69, 9.17) is 9.84 Å². The van der Waals surface area contributed by atoms with Crippen molar-refractivity contribution in [2.24, 2.45) is 0 Å². The minimum absolute atomic E-state index is 0.0636. The number of aliphatic hydroxyl groups excluding tert-OH is 1. The van der Waals surface area contributed by atoms with Crippen molar-refractivity contribution in [2.75, 3.05) is 6.61 Å². The van der Waals surface area contributed by atoms with Crippen molar-refractivity contribution in [2.45, 2.75) is 26.4 Å². The molecule has 92 valence electrons. The lowest BCUT2D eigenvalue weighted by atomic mass is 10.1. The van der Waals surface area contributed by atoms with Crippen LogP contribution in [0.4, 0.5) is 0 Å². The van der Waals surface area contributed by atoms with Crippen LogP contribution in [0, 0.1) is 0 Å². The zero-order chi connectivity index (χ0) is 12.7. The molecular formula is C14H18O3. The third kappa shape index (κ3) is 4.83. The lowest BCUT2D eigenvalue weighted by Gasteiger charge is -2.10. The summed E-state index contributed by atoms with van der Waals surface area (Å²) in [6, 6.07) is 9.52. The summed E-state index contributed by atoms with van der Waals surface area (Å²) in [5.41, 5.74) is 1.42. The number of carbonyl (C=O) groups is 1. The van der Waals surface area contributed by atoms with Gasteiger partial charge in [0, 0.05) is 18.6 Å². The molecule has 0 radical (unpaired) electrons. The third-order valence-electron chi connectivity index (χ3n) is 2.13. The van der Waals surface area contributed by atoms with Gasteiger partial charge in [0.05, 0.1) is 6.10 Å². The predicted octanol–water partition coefficient (Wildman–Crippen LogP) is 2.40. The van der Waals surface area contributed by atoms with E-state index in [1.165, 1.54) is 0 Å². The van der Waals surface area contributed by atoms with E-state index in [1.54, 1.807) is 19.9 Å². The van der Waals surface area contributed by atoms with Crippen molar-refractivity contribution in [3.05, 3.63) is 41.5 Å². The summed E-state index contributed by atoms with van der Waals surface area (Å²) < 4.78 is 5.12. The Labute approximate surface area is 102 Å². The van der Waals surface area contributed by atoms with Crippen molar-refractivity contribution < 1.29 is 14.6 Å². The molecule has 0 amide bonds. The number of rotatable bonds is 5. The van der Waals surface area contributed by atoms with E-state index in [0.717, 1.165) is 5.56 Å². The Morgan fingerprint density at radius 3 is 2.53 bits per heavy atom. The first kappa shape index (κ1) is 13.5. The molecular weight excluding hydrogens is 216 g/mol. The molecule has 0 bridgehead atoms. The van der Waals surface area contributed by atoms with E-state index in [1.807, 2.05) is 30.3 Å². The van der Waals surface area contributed by atoms with Crippen LogP contribution < -0.4 is 0 Å². The molecule has 0 aliphatic heterocycles. The Hall–Kier alpha value is -1.61. The van der Waals surface area contributed by atoms with E-state index in [0.29, 0.717) is 12.0 Å². The standard InChI is InChI=1S/C14H18O3/c1-11(2)17-14(16)13(8-9-15)10-12-6-4-3-5-7-12/h3-7,10-11,15H,8-9H2,1-2H3/b13-10-. The van der Waals surface area contributed by atoms with Crippen molar-refractivity contribution in [3.63, 3.8) is 0 Å². The fraction of sp³-hybridized carbons (Fsp3) is 0.357. The fourth-order valence-electron chi connectivity index (χ4n) is 1.39. The van der Waals surface area contributed by atoms with Crippen molar-refractivity contribution in [1.82, 2.24) is 0 Å². The molecule has 1 aromatic rings. The number of hydrogen-bond donors (Lipinski definition) is 1. The zero-order valence-electron chi connectivity index (χ0n) is 10.2. The molecule has 3 nitrogen and oxygen atoms in total. The van der Waals surface area contributed by atoms with Crippen molar-refractivity contribution in [1.29, 1.82) is 0 Å². The molecule has 0 saturated carbocycles. The first-order valence-corrected chi connectivity index (χ1v) is 5.71. The summed E-state index contributed by atoms with van der Waals surface area (Å²) in [4.78, 5) is 11.7. The summed E-state index contributed by atoms with van der Waals surface area (Å²) in [5.74, 6) is -0.363. The molecule has 0 aliphatic rings. The average Bonchev–Trinajstić information content (AvgIpc) is 2.29. The molecule has 0 heterocycles. The molecule has 0 saturated heterocycles. The lowest BCUT2D eigenvalue weighted by molar-refractivity contribution is -0.142. The second-order valence-corrected chi connectivity index (χ2v) is 4.01. The Kier molecular flexibility index (Phi) is 5.43. The van der Waals surface area contributed by atoms with Crippen molar-refractivity contribution >= 4 is 12.0 Å². The van der Waals surface area contributed by atoms with Crippen LogP contribution in [-0.4, -0.2) is 23.8 Å². The number of benzene rings is 1. The second-order valence-electron chi connectivity index (χ2n) is 4.01. The Morgan fingerprint density at radius 1 is 1.35 bits per heavy atom. The first-order valence-electron chi connectivity index (χ1n) is 5.71. The van der Waals surface area contributed by atoms with Gasteiger partial charge in [0.15, 0.2) is 0 Å². The van der Waals surface area contributed by atoms with E-state index in [2.05, 4.69) is 0 Å². The summed E-state index contributed by atoms with van der Waals surface area (Å²) in [7, 11) is 0. The van der Waals surface area contributed by atoms with Gasteiger partial charge in [-0.05, 0) is 25.5 Å². The molecule has 1 N–H and O–H groups in total. The average molecular weight is 234 g/mol. The molecule has 0 spiro atoms. The van der Waals surface area contributed by atoms with Crippen LogP contribution >= 0.6 is 0 Å². The Bertz CT molecular complexity index is 380. The fourth-order valence-corrected chi connectivity index (χ4v) is 1.39. The van der Waals surface area contributed by atoms with Gasteiger partial charge in [0.1, 0.15) is 0 Å². The van der Waals surface area contributed by atoms with Gasteiger partial charge in [-0.3, -0.25) is 0 Å². The highest BCUT2D eigenvalue weighted by Crippen LogP contribution is 2.12. The van der Waals surface area contributed by atoms with Gasteiger partial charge in [0.25, 0.3) is 0 Å². The molecule has 17 heavy (non-hydrogen) atoms. The van der Waals surface area contributed by atoms with Crippen molar-refractivity contribution in [3.8, 4) is 0 Å². The molecule has 0 fully saturated rings. The molecule has 0 atom stereocenters. The van der Waals surface area contributed by atoms with E-state index in [-0.39, 0.29) is 18.7 Å². The van der Waals surface area contributed by atoms with Gasteiger partial charge in [-0.25, -0.2) is 4.79 Å². The molecule has 1 aromatic carbocycles. The van der Waals surface area contributed by atoms with E-state index in [9.17, 15) is 4.79 Å². The van der Waals surface area contributed by atoms with Crippen LogP contribution in [0.3, 0.4) is 0 Å². The van der Waals surface area contributed by atoms with Crippen LogP contribution in [0.5, 0.6) is 0 Å². The number of esters is 1. The summed E-state index contributed by atoms with van der Waals surface area (Å²) in [6.45, 7) is 3.54. The van der Waals surface area contributed by atoms with Crippen LogP contribution in [-0.2, 0) is 9.53 Å². The lowest BCUT2D eigenvalue weighted by Crippen LogP contribution is -2.14. The molecule has 3 heteroatoms. The van der Waals surface area contributed by atoms with Gasteiger partial charge in [-0.1, -0.05) is 30.3 Å². The summed E-state index contributed by atoms with van der Waals surface area (Å²) >= 11 is 0. The third-order valence-corrected chi connectivity index (χ3v) is 2.13. The number of ether oxygens (including phenoxy) is 1. The van der Waals surface area contributed by atoms with Gasteiger partial charge in [-0.15, -0.1) is 0 Å². The van der Waals surface area contributed by atoms with Gasteiger partial charge >= 0.3 is 5.97 Å². The monoisotopic (exact) mass is 234 g/mol. The molecule has 0 aliphatic carbocycles. The largest absolute Gasteiger partial charge is 0.460 e. The molecule has 0 aromatic heterocycles. The van der Waals surface area contributed by atoms with Crippen LogP contribution in [0.15, 0.2) is 35.9 Å². The highest BCUT2D eigenvalue weighted by atomic mass is 16.5. The maximum absolute atomic E-state index is 11.7. The Morgan fingerprint density at radius 2 is 2.00 bits per heavy atom. The maximum Gasteiger partial charge on any atom is 0.334 e. The first-order chi connectivity index (χ1) is 8.13. The number of aliphatic hydroxyl groups is 1.